The van der Waals surface area contributed by atoms with Crippen LogP contribution in [0.1, 0.15) is 18.4 Å². The molecule has 1 aliphatic heterocycles. The lowest BCUT2D eigenvalue weighted by Gasteiger charge is -2.33. The minimum Gasteiger partial charge on any atom is -0.367 e. The van der Waals surface area contributed by atoms with Gasteiger partial charge in [-0.15, -0.1) is 11.3 Å². The molecule has 3 aromatic rings. The van der Waals surface area contributed by atoms with Gasteiger partial charge in [0.1, 0.15) is 11.2 Å². The monoisotopic (exact) mass is 425 g/mol. The van der Waals surface area contributed by atoms with Crippen LogP contribution in [-0.4, -0.2) is 18.1 Å². The molecule has 4 rings (SSSR count). The van der Waals surface area contributed by atoms with Gasteiger partial charge in [-0.2, -0.15) is 0 Å². The van der Waals surface area contributed by atoms with Gasteiger partial charge in [0, 0.05) is 13.1 Å². The second-order valence-electron chi connectivity index (χ2n) is 6.62. The van der Waals surface area contributed by atoms with Crippen molar-refractivity contribution in [3.8, 4) is 5.75 Å². The Labute approximate surface area is 171 Å². The van der Waals surface area contributed by atoms with E-state index in [4.69, 9.17) is 34.8 Å². The number of nitrogens with zero attached hydrogens (tertiary/aromatic N) is 2. The lowest BCUT2D eigenvalue weighted by Crippen LogP contribution is -2.34. The molecule has 1 saturated heterocycles. The molecule has 0 unspecified atom stereocenters. The third kappa shape index (κ3) is 3.48. The number of fused-ring (bicyclic) bond motifs is 1. The fourth-order valence-corrected chi connectivity index (χ4v) is 4.94. The van der Waals surface area contributed by atoms with Crippen LogP contribution < -0.4 is 4.90 Å². The molecular formula is C19H16Cl3N2OS. The minimum atomic E-state index is 0.0538. The van der Waals surface area contributed by atoms with Gasteiger partial charge in [0.25, 0.3) is 0 Å². The molecule has 135 valence electrons. The predicted octanol–water partition coefficient (Wildman–Crippen LogP) is 6.86. The van der Waals surface area contributed by atoms with Crippen LogP contribution in [0.2, 0.25) is 15.1 Å². The number of benzene rings is 2. The van der Waals surface area contributed by atoms with E-state index in [2.05, 4.69) is 9.88 Å². The highest BCUT2D eigenvalue weighted by Gasteiger charge is 2.24. The van der Waals surface area contributed by atoms with Gasteiger partial charge < -0.3 is 4.90 Å². The van der Waals surface area contributed by atoms with E-state index in [-0.39, 0.29) is 5.75 Å². The molecule has 7 heteroatoms. The molecule has 0 atom stereocenters. The van der Waals surface area contributed by atoms with Gasteiger partial charge in [-0.3, -0.25) is 5.11 Å². The van der Waals surface area contributed by atoms with Crippen molar-refractivity contribution in [2.45, 2.75) is 19.3 Å². The molecule has 3 nitrogen and oxygen atoms in total. The molecule has 0 bridgehead atoms. The highest BCUT2D eigenvalue weighted by atomic mass is 35.5. The van der Waals surface area contributed by atoms with Crippen molar-refractivity contribution in [1.29, 1.82) is 0 Å². The van der Waals surface area contributed by atoms with Crippen molar-refractivity contribution >= 4 is 62.0 Å². The highest BCUT2D eigenvalue weighted by molar-refractivity contribution is 7.16. The number of piperidine rings is 1. The van der Waals surface area contributed by atoms with Crippen molar-refractivity contribution in [1.82, 2.24) is 4.98 Å². The van der Waals surface area contributed by atoms with Gasteiger partial charge in [-0.05, 0) is 55.0 Å². The van der Waals surface area contributed by atoms with Crippen LogP contribution in [0.5, 0.6) is 5.75 Å². The van der Waals surface area contributed by atoms with Crippen LogP contribution in [0.3, 0.4) is 0 Å². The molecule has 0 saturated carbocycles. The molecule has 0 N–H and O–H groups in total. The van der Waals surface area contributed by atoms with Gasteiger partial charge in [-0.25, -0.2) is 4.98 Å². The van der Waals surface area contributed by atoms with E-state index in [9.17, 15) is 5.11 Å². The Morgan fingerprint density at radius 3 is 2.50 bits per heavy atom. The van der Waals surface area contributed by atoms with Gasteiger partial charge in [-0.1, -0.05) is 34.8 Å². The minimum absolute atomic E-state index is 0.0538. The molecule has 1 radical (unpaired) electrons. The summed E-state index contributed by atoms with van der Waals surface area (Å²) in [5, 5.41) is 13.8. The number of thiazole rings is 1. The van der Waals surface area contributed by atoms with Crippen LogP contribution in [0.15, 0.2) is 29.8 Å². The molecule has 26 heavy (non-hydrogen) atoms. The maximum absolute atomic E-state index is 12.4. The Hall–Kier alpha value is -1.20. The zero-order valence-electron chi connectivity index (χ0n) is 13.8. The summed E-state index contributed by atoms with van der Waals surface area (Å²) in [6, 6.07) is 7.31. The van der Waals surface area contributed by atoms with Crippen LogP contribution >= 0.6 is 46.1 Å². The van der Waals surface area contributed by atoms with E-state index in [1.807, 2.05) is 18.2 Å². The van der Waals surface area contributed by atoms with Crippen LogP contribution in [0, 0.1) is 5.92 Å². The van der Waals surface area contributed by atoms with Gasteiger partial charge in [0.15, 0.2) is 0 Å². The Morgan fingerprint density at radius 2 is 1.81 bits per heavy atom. The van der Waals surface area contributed by atoms with Crippen LogP contribution in [0.25, 0.3) is 10.2 Å². The Morgan fingerprint density at radius 1 is 1.12 bits per heavy atom. The van der Waals surface area contributed by atoms with E-state index in [1.165, 1.54) is 0 Å². The van der Waals surface area contributed by atoms with Crippen molar-refractivity contribution in [3.05, 3.63) is 50.4 Å². The summed E-state index contributed by atoms with van der Waals surface area (Å²) in [6.07, 6.45) is 2.94. The Bertz CT molecular complexity index is 928. The van der Waals surface area contributed by atoms with Crippen molar-refractivity contribution < 1.29 is 5.11 Å². The molecule has 0 amide bonds. The van der Waals surface area contributed by atoms with Crippen LogP contribution in [0.4, 0.5) is 5.69 Å². The van der Waals surface area contributed by atoms with Crippen molar-refractivity contribution in [2.75, 3.05) is 18.0 Å². The third-order valence-corrected chi connectivity index (χ3v) is 6.93. The molecule has 2 heterocycles. The number of anilines is 1. The van der Waals surface area contributed by atoms with Crippen molar-refractivity contribution in [3.63, 3.8) is 0 Å². The maximum atomic E-state index is 12.4. The van der Waals surface area contributed by atoms with E-state index in [0.717, 1.165) is 53.8 Å². The SMILES string of the molecule is [O]c1ccc2scnc2c1N1CCC(Cc2cc(Cl)c(Cl)c(Cl)c2)CC1. The number of rotatable bonds is 3. The second kappa shape index (κ2) is 7.43. The highest BCUT2D eigenvalue weighted by Crippen LogP contribution is 2.39. The standard InChI is InChI=1S/C19H16Cl3N2OS/c20-13-8-12(9-14(21)17(13)22)7-11-3-5-24(6-4-11)19-15(25)1-2-16-18(19)23-10-26-16/h1-2,8-11H,3-7H2. The normalized spacial score (nSPS) is 15.7. The van der Waals surface area contributed by atoms with Gasteiger partial charge in [0.05, 0.1) is 25.3 Å². The smallest absolute Gasteiger partial charge is 0.204 e. The van der Waals surface area contributed by atoms with Gasteiger partial charge >= 0.3 is 0 Å². The molecule has 1 aromatic heterocycles. The summed E-state index contributed by atoms with van der Waals surface area (Å²) < 4.78 is 1.06. The first-order chi connectivity index (χ1) is 12.5. The molecular weight excluding hydrogens is 411 g/mol. The molecule has 2 aromatic carbocycles. The summed E-state index contributed by atoms with van der Waals surface area (Å²) in [5.74, 6) is 0.586. The zero-order valence-corrected chi connectivity index (χ0v) is 16.9. The quantitative estimate of drug-likeness (QED) is 0.429. The average molecular weight is 427 g/mol. The number of hydrogen-bond acceptors (Lipinski definition) is 3. The molecule has 1 fully saturated rings. The van der Waals surface area contributed by atoms with E-state index in [1.54, 1.807) is 22.9 Å². The van der Waals surface area contributed by atoms with E-state index in [0.29, 0.717) is 21.0 Å². The number of halogens is 3. The fourth-order valence-electron chi connectivity index (χ4n) is 3.62. The van der Waals surface area contributed by atoms with Gasteiger partial charge in [0.2, 0.25) is 5.75 Å². The first kappa shape index (κ1) is 18.2. The van der Waals surface area contributed by atoms with Crippen LogP contribution in [-0.2, 0) is 11.5 Å². The number of aromatic nitrogens is 1. The topological polar surface area (TPSA) is 36.0 Å². The Balaban J connectivity index is 1.47. The van der Waals surface area contributed by atoms with E-state index >= 15 is 0 Å². The zero-order chi connectivity index (χ0) is 18.3. The largest absolute Gasteiger partial charge is 0.367 e. The molecule has 0 spiro atoms. The fraction of sp³-hybridized carbons (Fsp3) is 0.316. The third-order valence-electron chi connectivity index (χ3n) is 4.94. The summed E-state index contributed by atoms with van der Waals surface area (Å²) >= 11 is 19.9. The van der Waals surface area contributed by atoms with Crippen molar-refractivity contribution in [2.24, 2.45) is 5.92 Å². The first-order valence-electron chi connectivity index (χ1n) is 8.44. The van der Waals surface area contributed by atoms with E-state index < -0.39 is 0 Å². The molecule has 0 aliphatic carbocycles. The summed E-state index contributed by atoms with van der Waals surface area (Å²) in [7, 11) is 0. The summed E-state index contributed by atoms with van der Waals surface area (Å²) in [4.78, 5) is 6.59. The lowest BCUT2D eigenvalue weighted by atomic mass is 9.90. The Kier molecular flexibility index (Phi) is 5.20. The molecule has 1 aliphatic rings. The summed E-state index contributed by atoms with van der Waals surface area (Å²) in [5.41, 5.74) is 4.49. The maximum Gasteiger partial charge on any atom is 0.204 e. The number of hydrogen-bond donors (Lipinski definition) is 0. The first-order valence-corrected chi connectivity index (χ1v) is 10.5. The lowest BCUT2D eigenvalue weighted by molar-refractivity contribution is 0.350. The summed E-state index contributed by atoms with van der Waals surface area (Å²) in [6.45, 7) is 1.71. The second-order valence-corrected chi connectivity index (χ2v) is 8.70. The average Bonchev–Trinajstić information content (AvgIpc) is 3.09. The predicted molar refractivity (Wildman–Crippen MR) is 110 cm³/mol.